The number of aliphatic hydroxyl groups is 1. The van der Waals surface area contributed by atoms with Crippen molar-refractivity contribution in [3.8, 4) is 11.5 Å². The van der Waals surface area contributed by atoms with Crippen LogP contribution in [-0.2, 0) is 4.74 Å². The molecule has 0 aromatic heterocycles. The van der Waals surface area contributed by atoms with Gasteiger partial charge in [-0.2, -0.15) is 0 Å². The van der Waals surface area contributed by atoms with Gasteiger partial charge in [0.2, 0.25) is 0 Å². The van der Waals surface area contributed by atoms with Gasteiger partial charge in [0, 0.05) is 43.9 Å². The van der Waals surface area contributed by atoms with Gasteiger partial charge in [-0.3, -0.25) is 4.79 Å². The number of nitrogens with two attached hydrogens (primary N) is 1. The van der Waals surface area contributed by atoms with E-state index in [1.54, 1.807) is 12.1 Å². The molecule has 1 aromatic carbocycles. The van der Waals surface area contributed by atoms with Crippen LogP contribution in [0.4, 0.5) is 5.69 Å². The van der Waals surface area contributed by atoms with Crippen LogP contribution < -0.4 is 20.5 Å². The molecule has 3 aliphatic rings. The third-order valence-corrected chi connectivity index (χ3v) is 6.76. The average molecular weight is 448 g/mol. The number of nitrogens with one attached hydrogen (secondary N) is 1. The average Bonchev–Trinajstić information content (AvgIpc) is 2.81. The number of piperidine rings is 1. The van der Waals surface area contributed by atoms with Gasteiger partial charge in [-0.25, -0.2) is 0 Å². The molecule has 178 valence electrons. The maximum Gasteiger partial charge on any atom is 0.255 e. The number of nitrogen functional groups attached to an aromatic ring is 1. The Kier molecular flexibility index (Phi) is 8.10. The number of β-amino-alcohol motifs (C(OH)–C–C–N with tert-alkyl or cyclic N) is 1. The molecule has 4 N–H and O–H groups in total. The summed E-state index contributed by atoms with van der Waals surface area (Å²) in [5.41, 5.74) is 6.76. The van der Waals surface area contributed by atoms with Crippen molar-refractivity contribution in [1.29, 1.82) is 0 Å². The molecule has 1 amide bonds. The summed E-state index contributed by atoms with van der Waals surface area (Å²) in [6, 6.07) is 3.28. The van der Waals surface area contributed by atoms with Crippen LogP contribution in [0.5, 0.6) is 11.5 Å². The molecular formula is C24H37N3O5. The molecule has 32 heavy (non-hydrogen) atoms. The molecule has 1 aliphatic carbocycles. The highest BCUT2D eigenvalue weighted by Crippen LogP contribution is 2.36. The molecule has 8 heteroatoms. The second kappa shape index (κ2) is 11.2. The lowest BCUT2D eigenvalue weighted by molar-refractivity contribution is 0.00425. The fourth-order valence-corrected chi connectivity index (χ4v) is 4.92. The minimum absolute atomic E-state index is 0.0303. The second-order valence-corrected chi connectivity index (χ2v) is 9.20. The largest absolute Gasteiger partial charge is 0.486 e. The highest BCUT2D eigenvalue weighted by atomic mass is 16.6. The smallest absolute Gasteiger partial charge is 0.255 e. The van der Waals surface area contributed by atoms with E-state index in [-0.39, 0.29) is 11.8 Å². The van der Waals surface area contributed by atoms with Gasteiger partial charge in [0.05, 0.1) is 17.8 Å². The first-order valence-corrected chi connectivity index (χ1v) is 12.1. The van der Waals surface area contributed by atoms with Gasteiger partial charge in [-0.1, -0.05) is 19.3 Å². The molecule has 2 atom stereocenters. The number of carbonyl (C=O) groups excluding carboxylic acids is 1. The number of likely N-dealkylation sites (tertiary alicyclic amines) is 1. The summed E-state index contributed by atoms with van der Waals surface area (Å²) >= 11 is 0. The number of hydrogen-bond donors (Lipinski definition) is 3. The Morgan fingerprint density at radius 1 is 1.19 bits per heavy atom. The number of rotatable bonds is 8. The Hall–Kier alpha value is -2.03. The number of aliphatic hydroxyl groups excluding tert-OH is 1. The molecule has 0 radical (unpaired) electrons. The Bertz CT molecular complexity index is 768. The molecule has 0 bridgehead atoms. The first-order chi connectivity index (χ1) is 15.6. The lowest BCUT2D eigenvalue weighted by atomic mass is 9.93. The minimum Gasteiger partial charge on any atom is -0.486 e. The Morgan fingerprint density at radius 3 is 2.81 bits per heavy atom. The van der Waals surface area contributed by atoms with Gasteiger partial charge in [-0.05, 0) is 38.3 Å². The summed E-state index contributed by atoms with van der Waals surface area (Å²) in [6.45, 7) is 4.56. The fraction of sp³-hybridized carbons (Fsp3) is 0.708. The third kappa shape index (κ3) is 6.05. The molecule has 2 fully saturated rings. The number of benzene rings is 1. The molecule has 8 nitrogen and oxygen atoms in total. The Labute approximate surface area is 190 Å². The standard InChI is InChI=1S/C24H37N3O5/c25-18-13-20(23-22(14-18)31-11-12-32-23)24(29)26-15-17-7-9-27(16-21(17)28)8-4-10-30-19-5-2-1-3-6-19/h13-14,17,19,21,28H,1-12,15-16,25H2,(H,26,29)/t17-,21?/m0/s1. The zero-order valence-corrected chi connectivity index (χ0v) is 18.9. The zero-order valence-electron chi connectivity index (χ0n) is 18.9. The molecule has 2 heterocycles. The maximum atomic E-state index is 12.8. The van der Waals surface area contributed by atoms with Crippen LogP contribution in [-0.4, -0.2) is 74.1 Å². The number of amides is 1. The highest BCUT2D eigenvalue weighted by Gasteiger charge is 2.29. The van der Waals surface area contributed by atoms with Crippen molar-refractivity contribution < 1.29 is 24.1 Å². The van der Waals surface area contributed by atoms with E-state index >= 15 is 0 Å². The van der Waals surface area contributed by atoms with Crippen LogP contribution in [0.25, 0.3) is 0 Å². The lowest BCUT2D eigenvalue weighted by Gasteiger charge is -2.36. The minimum atomic E-state index is -0.461. The predicted molar refractivity (Wildman–Crippen MR) is 122 cm³/mol. The monoisotopic (exact) mass is 447 g/mol. The summed E-state index contributed by atoms with van der Waals surface area (Å²) in [5.74, 6) is 0.715. The van der Waals surface area contributed by atoms with E-state index in [1.165, 1.54) is 32.1 Å². The fourth-order valence-electron chi connectivity index (χ4n) is 4.92. The van der Waals surface area contributed by atoms with Gasteiger partial charge in [0.25, 0.3) is 5.91 Å². The molecule has 1 saturated carbocycles. The van der Waals surface area contributed by atoms with Crippen LogP contribution in [0.1, 0.15) is 55.3 Å². The summed E-state index contributed by atoms with van der Waals surface area (Å²) in [6.07, 6.45) is 8.16. The lowest BCUT2D eigenvalue weighted by Crippen LogP contribution is -2.48. The Morgan fingerprint density at radius 2 is 2.00 bits per heavy atom. The van der Waals surface area contributed by atoms with Crippen molar-refractivity contribution in [2.45, 2.75) is 57.2 Å². The van der Waals surface area contributed by atoms with Crippen molar-refractivity contribution in [3.05, 3.63) is 17.7 Å². The number of nitrogens with zero attached hydrogens (tertiary/aromatic N) is 1. The van der Waals surface area contributed by atoms with E-state index in [2.05, 4.69) is 10.2 Å². The number of ether oxygens (including phenoxy) is 3. The zero-order chi connectivity index (χ0) is 22.3. The molecule has 1 unspecified atom stereocenters. The van der Waals surface area contributed by atoms with Crippen molar-refractivity contribution >= 4 is 11.6 Å². The Balaban J connectivity index is 1.19. The van der Waals surface area contributed by atoms with Crippen LogP contribution >= 0.6 is 0 Å². The predicted octanol–water partition coefficient (Wildman–Crippen LogP) is 2.19. The summed E-state index contributed by atoms with van der Waals surface area (Å²) < 4.78 is 17.2. The number of hydrogen-bond acceptors (Lipinski definition) is 7. The summed E-state index contributed by atoms with van der Waals surface area (Å²) in [7, 11) is 0. The van der Waals surface area contributed by atoms with Crippen LogP contribution in [0.3, 0.4) is 0 Å². The van der Waals surface area contributed by atoms with Gasteiger partial charge in [0.1, 0.15) is 13.2 Å². The number of fused-ring (bicyclic) bond motifs is 1. The van der Waals surface area contributed by atoms with Crippen molar-refractivity contribution in [1.82, 2.24) is 10.2 Å². The first kappa shape index (κ1) is 23.1. The van der Waals surface area contributed by atoms with Crippen LogP contribution in [0.15, 0.2) is 12.1 Å². The second-order valence-electron chi connectivity index (χ2n) is 9.20. The SMILES string of the molecule is Nc1cc2c(c(C(=O)NC[C@@H]3CCN(CCCOC4CCCCC4)CC3O)c1)OCCO2. The van der Waals surface area contributed by atoms with E-state index < -0.39 is 6.10 Å². The van der Waals surface area contributed by atoms with Gasteiger partial charge in [0.15, 0.2) is 11.5 Å². The first-order valence-electron chi connectivity index (χ1n) is 12.1. The normalized spacial score (nSPS) is 24.3. The molecule has 4 rings (SSSR count). The van der Waals surface area contributed by atoms with Gasteiger partial charge < -0.3 is 35.3 Å². The summed E-state index contributed by atoms with van der Waals surface area (Å²) in [5, 5.41) is 13.6. The molecule has 1 saturated heterocycles. The third-order valence-electron chi connectivity index (χ3n) is 6.76. The van der Waals surface area contributed by atoms with Crippen molar-refractivity contribution in [2.75, 3.05) is 51.7 Å². The molecule has 2 aliphatic heterocycles. The van der Waals surface area contributed by atoms with Crippen molar-refractivity contribution in [2.24, 2.45) is 5.92 Å². The van der Waals surface area contributed by atoms with E-state index in [0.717, 1.165) is 32.5 Å². The highest BCUT2D eigenvalue weighted by molar-refractivity contribution is 5.99. The van der Waals surface area contributed by atoms with Crippen LogP contribution in [0, 0.1) is 5.92 Å². The van der Waals surface area contributed by atoms with E-state index in [4.69, 9.17) is 19.9 Å². The van der Waals surface area contributed by atoms with E-state index in [0.29, 0.717) is 55.2 Å². The maximum absolute atomic E-state index is 12.8. The van der Waals surface area contributed by atoms with Gasteiger partial charge >= 0.3 is 0 Å². The number of anilines is 1. The molecule has 1 aromatic rings. The van der Waals surface area contributed by atoms with Crippen LogP contribution in [0.2, 0.25) is 0 Å². The quantitative estimate of drug-likeness (QED) is 0.414. The van der Waals surface area contributed by atoms with E-state index in [9.17, 15) is 9.90 Å². The molecular weight excluding hydrogens is 410 g/mol. The van der Waals surface area contributed by atoms with Gasteiger partial charge in [-0.15, -0.1) is 0 Å². The number of carbonyl (C=O) groups is 1. The molecule has 0 spiro atoms. The van der Waals surface area contributed by atoms with E-state index in [1.807, 2.05) is 0 Å². The topological polar surface area (TPSA) is 106 Å². The van der Waals surface area contributed by atoms with Crippen molar-refractivity contribution in [3.63, 3.8) is 0 Å². The summed E-state index contributed by atoms with van der Waals surface area (Å²) in [4.78, 5) is 15.1.